The van der Waals surface area contributed by atoms with E-state index in [1.54, 1.807) is 13.0 Å². The minimum absolute atomic E-state index is 0.335. The Morgan fingerprint density at radius 2 is 1.87 bits per heavy atom. The number of ether oxygens (including phenoxy) is 1. The third-order valence-electron chi connectivity index (χ3n) is 5.11. The molecule has 9 nitrogen and oxygen atoms in total. The van der Waals surface area contributed by atoms with E-state index in [9.17, 15) is 19.2 Å². The fourth-order valence-electron chi connectivity index (χ4n) is 3.56. The first-order valence-corrected chi connectivity index (χ1v) is 10.1. The van der Waals surface area contributed by atoms with Gasteiger partial charge in [-0.25, -0.2) is 9.59 Å². The SMILES string of the molecule is CCOCCCNC(=O)NC(=O)CN1C(=O)N[C@](C)(c2cccc3ccccc23)C1=O. The molecule has 164 valence electrons. The summed E-state index contributed by atoms with van der Waals surface area (Å²) in [6, 6.07) is 11.7. The molecule has 1 fully saturated rings. The molecule has 1 heterocycles. The minimum Gasteiger partial charge on any atom is -0.382 e. The number of amides is 6. The maximum Gasteiger partial charge on any atom is 0.325 e. The summed E-state index contributed by atoms with van der Waals surface area (Å²) in [5.41, 5.74) is -0.682. The van der Waals surface area contributed by atoms with Gasteiger partial charge in [0, 0.05) is 19.8 Å². The smallest absolute Gasteiger partial charge is 0.325 e. The first kappa shape index (κ1) is 22.2. The van der Waals surface area contributed by atoms with Crippen molar-refractivity contribution in [3.63, 3.8) is 0 Å². The summed E-state index contributed by atoms with van der Waals surface area (Å²) in [4.78, 5) is 50.5. The predicted molar refractivity (Wildman–Crippen MR) is 114 cm³/mol. The molecule has 0 radical (unpaired) electrons. The van der Waals surface area contributed by atoms with E-state index in [2.05, 4.69) is 16.0 Å². The number of nitrogens with zero attached hydrogens (tertiary/aromatic N) is 1. The van der Waals surface area contributed by atoms with Crippen LogP contribution in [0.5, 0.6) is 0 Å². The largest absolute Gasteiger partial charge is 0.382 e. The molecule has 0 saturated carbocycles. The molecular weight excluding hydrogens is 400 g/mol. The van der Waals surface area contributed by atoms with E-state index in [0.717, 1.165) is 15.7 Å². The molecule has 2 aromatic rings. The van der Waals surface area contributed by atoms with Crippen molar-refractivity contribution in [1.29, 1.82) is 0 Å². The highest BCUT2D eigenvalue weighted by molar-refractivity contribution is 6.11. The van der Waals surface area contributed by atoms with E-state index < -0.39 is 36.0 Å². The standard InChI is InChI=1S/C22H26N4O5/c1-3-31-13-7-12-23-20(29)24-18(27)14-26-19(28)22(2,25-21(26)30)17-11-6-9-15-8-4-5-10-16(15)17/h4-6,8-11H,3,7,12-14H2,1-2H3,(H,25,30)(H2,23,24,27,29)/t22-/m1/s1. The average Bonchev–Trinajstić information content (AvgIpc) is 2.97. The van der Waals surface area contributed by atoms with Crippen LogP contribution in [0.25, 0.3) is 10.8 Å². The quantitative estimate of drug-likeness (QED) is 0.440. The van der Waals surface area contributed by atoms with E-state index in [1.165, 1.54) is 0 Å². The first-order valence-electron chi connectivity index (χ1n) is 10.1. The van der Waals surface area contributed by atoms with E-state index >= 15 is 0 Å². The number of nitrogens with one attached hydrogen (secondary N) is 3. The van der Waals surface area contributed by atoms with Gasteiger partial charge in [0.05, 0.1) is 0 Å². The molecule has 6 amide bonds. The number of benzene rings is 2. The molecule has 0 bridgehead atoms. The molecule has 0 spiro atoms. The van der Waals surface area contributed by atoms with Crippen molar-refractivity contribution in [2.24, 2.45) is 0 Å². The van der Waals surface area contributed by atoms with Crippen LogP contribution >= 0.6 is 0 Å². The molecule has 1 aliphatic rings. The summed E-state index contributed by atoms with van der Waals surface area (Å²) in [5, 5.41) is 9.12. The summed E-state index contributed by atoms with van der Waals surface area (Å²) < 4.78 is 5.16. The van der Waals surface area contributed by atoms with E-state index in [-0.39, 0.29) is 0 Å². The third kappa shape index (κ3) is 4.83. The van der Waals surface area contributed by atoms with Gasteiger partial charge in [-0.2, -0.15) is 0 Å². The van der Waals surface area contributed by atoms with Gasteiger partial charge in [-0.1, -0.05) is 42.5 Å². The zero-order valence-corrected chi connectivity index (χ0v) is 17.6. The number of fused-ring (bicyclic) bond motifs is 1. The van der Waals surface area contributed by atoms with Crippen molar-refractivity contribution in [3.8, 4) is 0 Å². The maximum absolute atomic E-state index is 13.1. The van der Waals surface area contributed by atoms with E-state index in [0.29, 0.717) is 31.7 Å². The molecule has 0 aromatic heterocycles. The van der Waals surface area contributed by atoms with E-state index in [1.807, 2.05) is 43.3 Å². The molecule has 9 heteroatoms. The second-order valence-electron chi connectivity index (χ2n) is 7.33. The van der Waals surface area contributed by atoms with E-state index in [4.69, 9.17) is 4.74 Å². The van der Waals surface area contributed by atoms with Crippen LogP contribution in [0, 0.1) is 0 Å². The molecule has 1 saturated heterocycles. The Labute approximate surface area is 180 Å². The second-order valence-corrected chi connectivity index (χ2v) is 7.33. The van der Waals surface area contributed by atoms with Gasteiger partial charge in [-0.05, 0) is 36.6 Å². The van der Waals surface area contributed by atoms with Crippen LogP contribution in [0.3, 0.4) is 0 Å². The van der Waals surface area contributed by atoms with Crippen molar-refractivity contribution in [2.75, 3.05) is 26.3 Å². The second kappa shape index (κ2) is 9.57. The topological polar surface area (TPSA) is 117 Å². The normalized spacial score (nSPS) is 18.2. The monoisotopic (exact) mass is 426 g/mol. The number of carbonyl (C=O) groups is 4. The van der Waals surface area contributed by atoms with Crippen LogP contribution in [-0.2, 0) is 19.9 Å². The lowest BCUT2D eigenvalue weighted by Crippen LogP contribution is -2.47. The summed E-state index contributed by atoms with van der Waals surface area (Å²) >= 11 is 0. The Morgan fingerprint density at radius 3 is 2.65 bits per heavy atom. The zero-order chi connectivity index (χ0) is 22.4. The first-order chi connectivity index (χ1) is 14.9. The molecule has 1 aliphatic heterocycles. The molecule has 31 heavy (non-hydrogen) atoms. The van der Waals surface area contributed by atoms with Crippen molar-refractivity contribution >= 4 is 34.6 Å². The van der Waals surface area contributed by atoms with Crippen LogP contribution in [0.4, 0.5) is 9.59 Å². The van der Waals surface area contributed by atoms with Gasteiger partial charge in [0.25, 0.3) is 5.91 Å². The number of rotatable bonds is 8. The predicted octanol–water partition coefficient (Wildman–Crippen LogP) is 1.86. The third-order valence-corrected chi connectivity index (χ3v) is 5.11. The number of hydrogen-bond donors (Lipinski definition) is 3. The molecule has 2 aromatic carbocycles. The molecular formula is C22H26N4O5. The Kier molecular flexibility index (Phi) is 6.86. The lowest BCUT2D eigenvalue weighted by atomic mass is 9.88. The maximum atomic E-state index is 13.1. The Balaban J connectivity index is 1.65. The average molecular weight is 426 g/mol. The van der Waals surface area contributed by atoms with Crippen LogP contribution in [0.2, 0.25) is 0 Å². The number of carbonyl (C=O) groups excluding carboxylic acids is 4. The minimum atomic E-state index is -1.32. The van der Waals surface area contributed by atoms with Gasteiger partial charge in [0.2, 0.25) is 5.91 Å². The van der Waals surface area contributed by atoms with Gasteiger partial charge >= 0.3 is 12.1 Å². The van der Waals surface area contributed by atoms with Crippen molar-refractivity contribution in [2.45, 2.75) is 25.8 Å². The number of urea groups is 2. The Bertz CT molecular complexity index is 1000. The van der Waals surface area contributed by atoms with Crippen LogP contribution in [0.1, 0.15) is 25.8 Å². The van der Waals surface area contributed by atoms with Crippen LogP contribution in [-0.4, -0.2) is 55.1 Å². The molecule has 0 aliphatic carbocycles. The van der Waals surface area contributed by atoms with Gasteiger partial charge in [-0.15, -0.1) is 0 Å². The Morgan fingerprint density at radius 1 is 1.13 bits per heavy atom. The highest BCUT2D eigenvalue weighted by Crippen LogP contribution is 2.33. The Hall–Kier alpha value is -3.46. The van der Waals surface area contributed by atoms with Crippen LogP contribution < -0.4 is 16.0 Å². The lowest BCUT2D eigenvalue weighted by molar-refractivity contribution is -0.134. The zero-order valence-electron chi connectivity index (χ0n) is 17.6. The van der Waals surface area contributed by atoms with Crippen LogP contribution in [0.15, 0.2) is 42.5 Å². The molecule has 3 rings (SSSR count). The summed E-state index contributed by atoms with van der Waals surface area (Å²) in [6.07, 6.45) is 0.603. The fraction of sp³-hybridized carbons (Fsp3) is 0.364. The van der Waals surface area contributed by atoms with Crippen molar-refractivity contribution in [1.82, 2.24) is 20.9 Å². The lowest BCUT2D eigenvalue weighted by Gasteiger charge is -2.24. The van der Waals surface area contributed by atoms with Gasteiger partial charge in [-0.3, -0.25) is 19.8 Å². The summed E-state index contributed by atoms with van der Waals surface area (Å²) in [6.45, 7) is 4.35. The molecule has 1 atom stereocenters. The van der Waals surface area contributed by atoms with Crippen molar-refractivity contribution in [3.05, 3.63) is 48.0 Å². The van der Waals surface area contributed by atoms with Gasteiger partial charge in [0.1, 0.15) is 12.1 Å². The molecule has 0 unspecified atom stereocenters. The van der Waals surface area contributed by atoms with Crippen molar-refractivity contribution < 1.29 is 23.9 Å². The summed E-state index contributed by atoms with van der Waals surface area (Å²) in [5.74, 6) is -1.31. The number of imide groups is 2. The molecule has 3 N–H and O–H groups in total. The highest BCUT2D eigenvalue weighted by Gasteiger charge is 2.50. The van der Waals surface area contributed by atoms with Gasteiger partial charge < -0.3 is 15.4 Å². The summed E-state index contributed by atoms with van der Waals surface area (Å²) in [7, 11) is 0. The van der Waals surface area contributed by atoms with Gasteiger partial charge in [0.15, 0.2) is 0 Å². The number of hydrogen-bond acceptors (Lipinski definition) is 5. The highest BCUT2D eigenvalue weighted by atomic mass is 16.5. The fourth-order valence-corrected chi connectivity index (χ4v) is 3.56.